The van der Waals surface area contributed by atoms with Crippen molar-refractivity contribution in [3.63, 3.8) is 0 Å². The number of anilines is 1. The Morgan fingerprint density at radius 2 is 1.42 bits per heavy atom. The molecule has 0 radical (unpaired) electrons. The predicted molar refractivity (Wildman–Crippen MR) is 126 cm³/mol. The minimum Gasteiger partial charge on any atom is -0.497 e. The molecule has 0 aliphatic rings. The Morgan fingerprint density at radius 3 is 1.94 bits per heavy atom. The van der Waals surface area contributed by atoms with Crippen molar-refractivity contribution >= 4 is 11.7 Å². The third-order valence-electron chi connectivity index (χ3n) is 5.38. The number of ether oxygens (including phenoxy) is 3. The lowest BCUT2D eigenvalue weighted by Gasteiger charge is -2.35. The van der Waals surface area contributed by atoms with Gasteiger partial charge in [-0.3, -0.25) is 0 Å². The molecule has 1 N–H and O–H groups in total. The van der Waals surface area contributed by atoms with Gasteiger partial charge in [0.25, 0.3) is 0 Å². The van der Waals surface area contributed by atoms with Crippen LogP contribution >= 0.6 is 0 Å². The third-order valence-corrected chi connectivity index (χ3v) is 5.38. The predicted octanol–water partition coefficient (Wildman–Crippen LogP) is 6.32. The highest BCUT2D eigenvalue weighted by molar-refractivity contribution is 5.86. The maximum Gasteiger partial charge on any atom is 0.336 e. The Hall–Kier alpha value is -2.69. The molecule has 0 bridgehead atoms. The topological polar surface area (TPSA) is 56.8 Å². The number of hydrogen-bond acceptors (Lipinski definition) is 5. The molecule has 0 saturated heterocycles. The number of carbonyl (C=O) groups is 1. The molecule has 0 spiro atoms. The van der Waals surface area contributed by atoms with Crippen LogP contribution in [0.4, 0.5) is 5.69 Å². The molecular weight excluding hydrogens is 390 g/mol. The molecule has 2 aromatic carbocycles. The summed E-state index contributed by atoms with van der Waals surface area (Å²) in [5.74, 6) is 1.26. The van der Waals surface area contributed by atoms with E-state index in [0.717, 1.165) is 42.0 Å². The van der Waals surface area contributed by atoms with Crippen molar-refractivity contribution in [3.05, 3.63) is 54.1 Å². The van der Waals surface area contributed by atoms with Crippen LogP contribution in [0.15, 0.2) is 48.5 Å². The number of methoxy groups -OCH3 is 2. The van der Waals surface area contributed by atoms with Crippen LogP contribution in [0.3, 0.4) is 0 Å². The normalized spacial score (nSPS) is 12.8. The van der Waals surface area contributed by atoms with Gasteiger partial charge in [0.2, 0.25) is 0 Å². The molecule has 170 valence electrons. The van der Waals surface area contributed by atoms with Crippen molar-refractivity contribution in [1.82, 2.24) is 0 Å². The second-order valence-corrected chi connectivity index (χ2v) is 8.11. The van der Waals surface area contributed by atoms with Gasteiger partial charge in [0.15, 0.2) is 5.54 Å². The van der Waals surface area contributed by atoms with Crippen molar-refractivity contribution in [2.45, 2.75) is 70.9 Å². The molecular formula is C26H37NO4. The molecule has 0 aromatic heterocycles. The lowest BCUT2D eigenvalue weighted by atomic mass is 9.83. The van der Waals surface area contributed by atoms with Gasteiger partial charge in [-0.25, -0.2) is 4.79 Å². The van der Waals surface area contributed by atoms with Gasteiger partial charge in [0.1, 0.15) is 11.5 Å². The minimum absolute atomic E-state index is 0.206. The maximum atomic E-state index is 13.5. The molecule has 0 amide bonds. The molecule has 5 nitrogen and oxygen atoms in total. The summed E-state index contributed by atoms with van der Waals surface area (Å²) in [7, 11) is 3.28. The second-order valence-electron chi connectivity index (χ2n) is 8.11. The van der Waals surface area contributed by atoms with E-state index >= 15 is 0 Å². The summed E-state index contributed by atoms with van der Waals surface area (Å²) >= 11 is 0. The number of hydrogen-bond donors (Lipinski definition) is 1. The highest BCUT2D eigenvalue weighted by Crippen LogP contribution is 2.35. The van der Waals surface area contributed by atoms with Crippen LogP contribution in [0.5, 0.6) is 11.5 Å². The van der Waals surface area contributed by atoms with Gasteiger partial charge in [-0.1, -0.05) is 51.2 Å². The monoisotopic (exact) mass is 427 g/mol. The number of esters is 1. The first-order chi connectivity index (χ1) is 14.9. The minimum atomic E-state index is -0.989. The largest absolute Gasteiger partial charge is 0.497 e. The Morgan fingerprint density at radius 1 is 0.871 bits per heavy atom. The zero-order valence-corrected chi connectivity index (χ0v) is 19.6. The van der Waals surface area contributed by atoms with Gasteiger partial charge in [-0.2, -0.15) is 0 Å². The van der Waals surface area contributed by atoms with E-state index in [9.17, 15) is 4.79 Å². The van der Waals surface area contributed by atoms with Crippen LogP contribution in [0.2, 0.25) is 0 Å². The van der Waals surface area contributed by atoms with Crippen molar-refractivity contribution in [2.75, 3.05) is 19.5 Å². The Labute approximate surface area is 187 Å². The molecule has 0 aliphatic heterocycles. The van der Waals surface area contributed by atoms with E-state index in [0.29, 0.717) is 6.42 Å². The number of unbranched alkanes of at least 4 members (excludes halogenated alkanes) is 4. The third kappa shape index (κ3) is 6.91. The zero-order chi connectivity index (χ0) is 22.7. The molecule has 0 unspecified atom stereocenters. The van der Waals surface area contributed by atoms with Gasteiger partial charge in [0.05, 0.1) is 20.3 Å². The molecule has 0 saturated carbocycles. The summed E-state index contributed by atoms with van der Waals surface area (Å²) in [6, 6.07) is 15.3. The average Bonchev–Trinajstić information content (AvgIpc) is 2.78. The highest BCUT2D eigenvalue weighted by Gasteiger charge is 2.42. The van der Waals surface area contributed by atoms with E-state index in [2.05, 4.69) is 12.2 Å². The molecule has 2 rings (SSSR count). The van der Waals surface area contributed by atoms with Crippen molar-refractivity contribution in [1.29, 1.82) is 0 Å². The number of carbonyl (C=O) groups excluding carboxylic acids is 1. The smallest absolute Gasteiger partial charge is 0.336 e. The van der Waals surface area contributed by atoms with Gasteiger partial charge >= 0.3 is 5.97 Å². The number of rotatable bonds is 13. The van der Waals surface area contributed by atoms with Crippen LogP contribution in [0.25, 0.3) is 0 Å². The van der Waals surface area contributed by atoms with E-state index in [1.54, 1.807) is 14.2 Å². The lowest BCUT2D eigenvalue weighted by Crippen LogP contribution is -2.45. The summed E-state index contributed by atoms with van der Waals surface area (Å²) in [5.41, 5.74) is 0.716. The summed E-state index contributed by atoms with van der Waals surface area (Å²) in [4.78, 5) is 13.5. The van der Waals surface area contributed by atoms with E-state index in [1.165, 1.54) is 12.8 Å². The molecule has 1 atom stereocenters. The molecule has 2 aromatic rings. The zero-order valence-electron chi connectivity index (χ0n) is 19.6. The fourth-order valence-electron chi connectivity index (χ4n) is 3.65. The van der Waals surface area contributed by atoms with Crippen LogP contribution in [-0.4, -0.2) is 26.3 Å². The number of nitrogens with one attached hydrogen (secondary N) is 1. The van der Waals surface area contributed by atoms with Crippen molar-refractivity contribution in [3.8, 4) is 11.5 Å². The SMILES string of the molecule is CCCCCCC[C@@](Nc1ccc(OC)cc1)(C(=O)OC(C)C)c1ccc(OC)cc1. The van der Waals surface area contributed by atoms with Gasteiger partial charge in [-0.15, -0.1) is 0 Å². The highest BCUT2D eigenvalue weighted by atomic mass is 16.5. The molecule has 0 fully saturated rings. The molecule has 5 heteroatoms. The summed E-state index contributed by atoms with van der Waals surface area (Å²) < 4.78 is 16.4. The van der Waals surface area contributed by atoms with E-state index < -0.39 is 5.54 Å². The van der Waals surface area contributed by atoms with Gasteiger partial charge < -0.3 is 19.5 Å². The second kappa shape index (κ2) is 12.2. The molecule has 0 aliphatic carbocycles. The van der Waals surface area contributed by atoms with Crippen LogP contribution in [0.1, 0.15) is 64.9 Å². The Balaban J connectivity index is 2.44. The number of benzene rings is 2. The summed E-state index contributed by atoms with van der Waals surface area (Å²) in [5, 5.41) is 3.52. The van der Waals surface area contributed by atoms with Crippen LogP contribution in [0, 0.1) is 0 Å². The first-order valence-corrected chi connectivity index (χ1v) is 11.2. The maximum absolute atomic E-state index is 13.5. The lowest BCUT2D eigenvalue weighted by molar-refractivity contribution is -0.153. The van der Waals surface area contributed by atoms with Crippen LogP contribution < -0.4 is 14.8 Å². The fourth-order valence-corrected chi connectivity index (χ4v) is 3.65. The average molecular weight is 428 g/mol. The van der Waals surface area contributed by atoms with Gasteiger partial charge in [-0.05, 0) is 62.2 Å². The Kier molecular flexibility index (Phi) is 9.70. The van der Waals surface area contributed by atoms with Gasteiger partial charge in [0, 0.05) is 5.69 Å². The first kappa shape index (κ1) is 24.6. The quantitative estimate of drug-likeness (QED) is 0.299. The standard InChI is InChI=1S/C26H37NO4/c1-6-7-8-9-10-19-26(25(28)31-20(2)3,21-11-15-23(29-4)16-12-21)27-22-13-17-24(30-5)18-14-22/h11-18,20,27H,6-10,19H2,1-5H3/t26-/m0/s1. The fraction of sp³-hybridized carbons (Fsp3) is 0.500. The van der Waals surface area contributed by atoms with Crippen molar-refractivity contribution in [2.24, 2.45) is 0 Å². The molecule has 0 heterocycles. The van der Waals surface area contributed by atoms with E-state index in [4.69, 9.17) is 14.2 Å². The van der Waals surface area contributed by atoms with Crippen LogP contribution in [-0.2, 0) is 15.1 Å². The molecule has 31 heavy (non-hydrogen) atoms. The first-order valence-electron chi connectivity index (χ1n) is 11.2. The van der Waals surface area contributed by atoms with Crippen molar-refractivity contribution < 1.29 is 19.0 Å². The van der Waals surface area contributed by atoms with E-state index in [-0.39, 0.29) is 12.1 Å². The summed E-state index contributed by atoms with van der Waals surface area (Å²) in [6.07, 6.45) is 5.98. The summed E-state index contributed by atoms with van der Waals surface area (Å²) in [6.45, 7) is 5.96. The van der Waals surface area contributed by atoms with E-state index in [1.807, 2.05) is 62.4 Å². The Bertz CT molecular complexity index is 786.